The van der Waals surface area contributed by atoms with E-state index in [2.05, 4.69) is 12.2 Å². The van der Waals surface area contributed by atoms with Gasteiger partial charge in [0.25, 0.3) is 5.56 Å². The highest BCUT2D eigenvalue weighted by Gasteiger charge is 2.28. The lowest BCUT2D eigenvalue weighted by atomic mass is 10.1. The smallest absolute Gasteiger partial charge is 0.322 e. The number of carbonyl (C=O) groups excluding carboxylic acids is 1. The van der Waals surface area contributed by atoms with Crippen LogP contribution in [-0.2, 0) is 22.4 Å². The van der Waals surface area contributed by atoms with Gasteiger partial charge >= 0.3 is 6.03 Å². The number of benzene rings is 2. The number of carbonyl (C=O) groups is 1. The van der Waals surface area contributed by atoms with Crippen molar-refractivity contribution < 1.29 is 14.3 Å². The van der Waals surface area contributed by atoms with Gasteiger partial charge in [0.15, 0.2) is 0 Å². The fourth-order valence-corrected chi connectivity index (χ4v) is 3.99. The summed E-state index contributed by atoms with van der Waals surface area (Å²) in [5.74, 6) is 0.538. The van der Waals surface area contributed by atoms with Crippen molar-refractivity contribution in [3.8, 4) is 0 Å². The number of para-hydroxylation sites is 1. The van der Waals surface area contributed by atoms with Gasteiger partial charge in [0.2, 0.25) is 0 Å². The molecule has 8 heteroatoms. The van der Waals surface area contributed by atoms with E-state index < -0.39 is 6.04 Å². The molecule has 1 heterocycles. The van der Waals surface area contributed by atoms with Crippen LogP contribution in [0, 0.1) is 0 Å². The minimum atomic E-state index is -0.431. The van der Waals surface area contributed by atoms with Crippen molar-refractivity contribution in [2.24, 2.45) is 0 Å². The predicted molar refractivity (Wildman–Crippen MR) is 134 cm³/mol. The van der Waals surface area contributed by atoms with Gasteiger partial charge in [0, 0.05) is 26.5 Å². The number of aromatic nitrogens is 2. The number of nitrogens with one attached hydrogen (secondary N) is 1. The number of hydrogen-bond donors (Lipinski definition) is 1. The molecule has 0 aliphatic carbocycles. The molecule has 0 radical (unpaired) electrons. The number of urea groups is 1. The van der Waals surface area contributed by atoms with Gasteiger partial charge in [0.05, 0.1) is 36.7 Å². The topological polar surface area (TPSA) is 85.7 Å². The first-order valence-corrected chi connectivity index (χ1v) is 11.7. The maximum Gasteiger partial charge on any atom is 0.322 e. The third kappa shape index (κ3) is 5.81. The number of hydrogen-bond acceptors (Lipinski definition) is 5. The first kappa shape index (κ1) is 25.4. The van der Waals surface area contributed by atoms with E-state index in [1.54, 1.807) is 29.8 Å². The number of nitrogens with zero attached hydrogens (tertiary/aromatic N) is 3. The zero-order chi connectivity index (χ0) is 24.5. The summed E-state index contributed by atoms with van der Waals surface area (Å²) in [6.45, 7) is 5.48. The van der Waals surface area contributed by atoms with Crippen molar-refractivity contribution in [3.63, 3.8) is 0 Å². The van der Waals surface area contributed by atoms with E-state index >= 15 is 0 Å². The van der Waals surface area contributed by atoms with Gasteiger partial charge in [-0.15, -0.1) is 0 Å². The Hall–Kier alpha value is -3.23. The molecule has 2 aromatic carbocycles. The first-order valence-electron chi connectivity index (χ1n) is 11.7. The largest absolute Gasteiger partial charge is 0.383 e. The van der Waals surface area contributed by atoms with Gasteiger partial charge in [-0.25, -0.2) is 9.78 Å². The Morgan fingerprint density at radius 2 is 1.76 bits per heavy atom. The van der Waals surface area contributed by atoms with Crippen LogP contribution in [0.15, 0.2) is 53.3 Å². The normalized spacial score (nSPS) is 12.0. The van der Waals surface area contributed by atoms with Gasteiger partial charge in [-0.2, -0.15) is 0 Å². The molecule has 0 aliphatic heterocycles. The van der Waals surface area contributed by atoms with Crippen LogP contribution >= 0.6 is 0 Å². The van der Waals surface area contributed by atoms with E-state index in [9.17, 15) is 9.59 Å². The Morgan fingerprint density at radius 1 is 1.06 bits per heavy atom. The second-order valence-electron chi connectivity index (χ2n) is 8.03. The molecule has 0 aliphatic rings. The maximum atomic E-state index is 13.4. The Kier molecular flexibility index (Phi) is 9.18. The van der Waals surface area contributed by atoms with Crippen molar-refractivity contribution in [2.75, 3.05) is 39.3 Å². The van der Waals surface area contributed by atoms with Crippen LogP contribution in [0.5, 0.6) is 0 Å². The molecule has 0 bridgehead atoms. The Labute approximate surface area is 200 Å². The van der Waals surface area contributed by atoms with E-state index in [-0.39, 0.29) is 11.6 Å². The second kappa shape index (κ2) is 12.3. The summed E-state index contributed by atoms with van der Waals surface area (Å²) in [7, 11) is 3.20. The molecule has 2 amide bonds. The number of fused-ring (bicyclic) bond motifs is 1. The summed E-state index contributed by atoms with van der Waals surface area (Å²) in [5.41, 5.74) is 2.38. The molecule has 3 aromatic rings. The number of rotatable bonds is 11. The quantitative estimate of drug-likeness (QED) is 0.457. The molecule has 0 spiro atoms. The molecule has 1 unspecified atom stereocenters. The second-order valence-corrected chi connectivity index (χ2v) is 8.03. The number of methoxy groups -OCH3 is 2. The molecule has 0 fully saturated rings. The zero-order valence-electron chi connectivity index (χ0n) is 20.4. The summed E-state index contributed by atoms with van der Waals surface area (Å²) < 4.78 is 12.2. The van der Waals surface area contributed by atoms with Gasteiger partial charge in [-0.05, 0) is 42.7 Å². The minimum Gasteiger partial charge on any atom is -0.383 e. The molecular formula is C26H34N4O4. The summed E-state index contributed by atoms with van der Waals surface area (Å²) in [6.07, 6.45) is 1.50. The van der Waals surface area contributed by atoms with E-state index in [0.29, 0.717) is 55.1 Å². The predicted octanol–water partition coefficient (Wildman–Crippen LogP) is 4.24. The summed E-state index contributed by atoms with van der Waals surface area (Å²) >= 11 is 0. The maximum absolute atomic E-state index is 13.4. The van der Waals surface area contributed by atoms with Gasteiger partial charge in [0.1, 0.15) is 5.82 Å². The monoisotopic (exact) mass is 466 g/mol. The van der Waals surface area contributed by atoms with Crippen molar-refractivity contribution in [3.05, 3.63) is 70.3 Å². The summed E-state index contributed by atoms with van der Waals surface area (Å²) in [6, 6.07) is 14.4. The van der Waals surface area contributed by atoms with Gasteiger partial charge < -0.3 is 19.7 Å². The average Bonchev–Trinajstić information content (AvgIpc) is 2.86. The standard InChI is InChI=1S/C26H34N4O4/c1-5-19-11-13-20(14-12-19)27-26(32)29(15-17-33-3)23(6-2)24-28-22-10-8-7-9-21(22)25(31)30(24)16-18-34-4/h7-14,23H,5-6,15-18H2,1-4H3,(H,27,32). The fourth-order valence-electron chi connectivity index (χ4n) is 3.99. The van der Waals surface area contributed by atoms with Crippen molar-refractivity contribution in [2.45, 2.75) is 39.3 Å². The number of anilines is 1. The molecule has 1 aromatic heterocycles. The molecule has 0 saturated carbocycles. The lowest BCUT2D eigenvalue weighted by molar-refractivity contribution is 0.128. The Morgan fingerprint density at radius 3 is 2.41 bits per heavy atom. The molecule has 34 heavy (non-hydrogen) atoms. The Balaban J connectivity index is 2.03. The van der Waals surface area contributed by atoms with E-state index in [4.69, 9.17) is 14.5 Å². The third-order valence-corrected chi connectivity index (χ3v) is 5.88. The van der Waals surface area contributed by atoms with E-state index in [0.717, 1.165) is 6.42 Å². The minimum absolute atomic E-state index is 0.140. The highest BCUT2D eigenvalue weighted by atomic mass is 16.5. The molecule has 8 nitrogen and oxygen atoms in total. The number of ether oxygens (including phenoxy) is 2. The van der Waals surface area contributed by atoms with Crippen LogP contribution in [-0.4, -0.2) is 54.5 Å². The average molecular weight is 467 g/mol. The molecule has 1 N–H and O–H groups in total. The van der Waals surface area contributed by atoms with Crippen molar-refractivity contribution in [1.82, 2.24) is 14.5 Å². The van der Waals surface area contributed by atoms with Gasteiger partial charge in [-0.1, -0.05) is 38.1 Å². The molecule has 3 rings (SSSR count). The molecule has 1 atom stereocenters. The Bertz CT molecular complexity index is 1140. The lowest BCUT2D eigenvalue weighted by Crippen LogP contribution is -2.43. The fraction of sp³-hybridized carbons (Fsp3) is 0.423. The first-order chi connectivity index (χ1) is 16.5. The van der Waals surface area contributed by atoms with Gasteiger partial charge in [-0.3, -0.25) is 9.36 Å². The van der Waals surface area contributed by atoms with E-state index in [1.807, 2.05) is 49.4 Å². The van der Waals surface area contributed by atoms with Crippen LogP contribution in [0.3, 0.4) is 0 Å². The highest BCUT2D eigenvalue weighted by Crippen LogP contribution is 2.25. The highest BCUT2D eigenvalue weighted by molar-refractivity contribution is 5.89. The molecule has 182 valence electrons. The van der Waals surface area contributed by atoms with Crippen LogP contribution in [0.4, 0.5) is 10.5 Å². The SMILES string of the molecule is CCc1ccc(NC(=O)N(CCOC)C(CC)c2nc3ccccc3c(=O)n2CCOC)cc1. The van der Waals surface area contributed by atoms with Crippen LogP contribution in [0.25, 0.3) is 10.9 Å². The van der Waals surface area contributed by atoms with Crippen molar-refractivity contribution in [1.29, 1.82) is 0 Å². The van der Waals surface area contributed by atoms with E-state index in [1.165, 1.54) is 5.56 Å². The summed E-state index contributed by atoms with van der Waals surface area (Å²) in [5, 5.41) is 3.54. The lowest BCUT2D eigenvalue weighted by Gasteiger charge is -2.32. The van der Waals surface area contributed by atoms with Crippen LogP contribution in [0.2, 0.25) is 0 Å². The molecular weight excluding hydrogens is 432 g/mol. The number of amides is 2. The van der Waals surface area contributed by atoms with Crippen molar-refractivity contribution >= 4 is 22.6 Å². The molecule has 0 saturated heterocycles. The number of aryl methyl sites for hydroxylation is 1. The third-order valence-electron chi connectivity index (χ3n) is 5.88. The summed E-state index contributed by atoms with van der Waals surface area (Å²) in [4.78, 5) is 33.3. The van der Waals surface area contributed by atoms with Crippen LogP contribution < -0.4 is 10.9 Å². The zero-order valence-corrected chi connectivity index (χ0v) is 20.4. The van der Waals surface area contributed by atoms with Crippen LogP contribution in [0.1, 0.15) is 37.7 Å².